The molecule has 216 valence electrons. The van der Waals surface area contributed by atoms with Gasteiger partial charge in [0.25, 0.3) is 0 Å². The molecule has 0 saturated carbocycles. The van der Waals surface area contributed by atoms with Gasteiger partial charge in [0, 0.05) is 54.0 Å². The number of aliphatic hydroxyl groups is 1. The Balaban J connectivity index is 2.09. The van der Waals surface area contributed by atoms with Gasteiger partial charge in [-0.05, 0) is 55.9 Å². The minimum Gasteiger partial charge on any atom is -0.494 e. The van der Waals surface area contributed by atoms with Gasteiger partial charge < -0.3 is 29.0 Å². The van der Waals surface area contributed by atoms with Crippen molar-refractivity contribution in [1.29, 1.82) is 0 Å². The maximum absolute atomic E-state index is 16.2. The highest BCUT2D eigenvalue weighted by Gasteiger charge is 2.44. The fourth-order valence-corrected chi connectivity index (χ4v) is 4.93. The molecule has 4 aromatic rings. The Morgan fingerprint density at radius 2 is 1.56 bits per heavy atom. The van der Waals surface area contributed by atoms with Crippen molar-refractivity contribution < 1.29 is 28.4 Å². The van der Waals surface area contributed by atoms with E-state index < -0.39 is 17.3 Å². The molecule has 0 aliphatic carbocycles. The van der Waals surface area contributed by atoms with Gasteiger partial charge >= 0.3 is 0 Å². The molecular weight excluding hydrogens is 527 g/mol. The molecule has 10 heteroatoms. The van der Waals surface area contributed by atoms with E-state index in [0.717, 1.165) is 11.1 Å². The summed E-state index contributed by atoms with van der Waals surface area (Å²) in [5.41, 5.74) is 0.970. The molecule has 0 amide bonds. The summed E-state index contributed by atoms with van der Waals surface area (Å²) in [6, 6.07) is 13.7. The molecule has 3 heterocycles. The van der Waals surface area contributed by atoms with Crippen molar-refractivity contribution in [2.75, 3.05) is 49.1 Å². The van der Waals surface area contributed by atoms with Crippen LogP contribution in [0.1, 0.15) is 29.0 Å². The lowest BCUT2D eigenvalue weighted by Crippen LogP contribution is -2.38. The lowest BCUT2D eigenvalue weighted by Gasteiger charge is -2.39. The third kappa shape index (κ3) is 6.23. The number of halogens is 1. The second kappa shape index (κ2) is 12.9. The van der Waals surface area contributed by atoms with Gasteiger partial charge in [-0.1, -0.05) is 12.1 Å². The van der Waals surface area contributed by atoms with Crippen LogP contribution >= 0.6 is 0 Å². The zero-order valence-corrected chi connectivity index (χ0v) is 24.1. The molecule has 0 bridgehead atoms. The highest BCUT2D eigenvalue weighted by atomic mass is 19.1. The van der Waals surface area contributed by atoms with Crippen LogP contribution in [0.15, 0.2) is 67.1 Å². The number of hydrogen-bond acceptors (Lipinski definition) is 9. The van der Waals surface area contributed by atoms with Crippen LogP contribution in [-0.4, -0.2) is 74.0 Å². The van der Waals surface area contributed by atoms with E-state index in [1.54, 1.807) is 42.9 Å². The average Bonchev–Trinajstić information content (AvgIpc) is 3.01. The molecule has 2 atom stereocenters. The predicted octanol–water partition coefficient (Wildman–Crippen LogP) is 4.68. The van der Waals surface area contributed by atoms with Gasteiger partial charge in [-0.3, -0.25) is 4.98 Å². The number of benzene rings is 1. The summed E-state index contributed by atoms with van der Waals surface area (Å²) in [5.74, 6) is -0.853. The predicted molar refractivity (Wildman–Crippen MR) is 153 cm³/mol. The van der Waals surface area contributed by atoms with Crippen molar-refractivity contribution in [3.63, 3.8) is 0 Å². The Bertz CT molecular complexity index is 1450. The Kier molecular flexibility index (Phi) is 9.36. The van der Waals surface area contributed by atoms with Crippen LogP contribution in [0.4, 0.5) is 4.39 Å². The van der Waals surface area contributed by atoms with Crippen LogP contribution in [-0.2, 0) is 5.60 Å². The second-order valence-corrected chi connectivity index (χ2v) is 9.77. The quantitative estimate of drug-likeness (QED) is 0.264. The summed E-state index contributed by atoms with van der Waals surface area (Å²) in [4.78, 5) is 15.0. The lowest BCUT2D eigenvalue weighted by atomic mass is 9.71. The Hall–Kier alpha value is -4.28. The fraction of sp³-hybridized carbons (Fsp3) is 0.323. The van der Waals surface area contributed by atoms with E-state index in [1.807, 2.05) is 37.2 Å². The van der Waals surface area contributed by atoms with Gasteiger partial charge in [-0.15, -0.1) is 0 Å². The van der Waals surface area contributed by atoms with Crippen molar-refractivity contribution in [2.24, 2.45) is 0 Å². The second-order valence-electron chi connectivity index (χ2n) is 9.77. The molecule has 3 aromatic heterocycles. The number of pyridine rings is 3. The zero-order chi connectivity index (χ0) is 29.6. The molecule has 0 saturated heterocycles. The minimum atomic E-state index is -1.73. The zero-order valence-electron chi connectivity index (χ0n) is 24.1. The number of aromatic nitrogens is 3. The third-order valence-corrected chi connectivity index (χ3v) is 7.04. The number of rotatable bonds is 12. The lowest BCUT2D eigenvalue weighted by molar-refractivity contribution is 0.00229. The highest BCUT2D eigenvalue weighted by Crippen LogP contribution is 2.49. The van der Waals surface area contributed by atoms with Crippen LogP contribution in [0.2, 0.25) is 0 Å². The van der Waals surface area contributed by atoms with Crippen molar-refractivity contribution in [1.82, 2.24) is 19.9 Å². The van der Waals surface area contributed by atoms with Gasteiger partial charge in [0.1, 0.15) is 5.60 Å². The first kappa shape index (κ1) is 29.7. The minimum absolute atomic E-state index is 0.0459. The third-order valence-electron chi connectivity index (χ3n) is 7.04. The maximum atomic E-state index is 16.2. The maximum Gasteiger partial charge on any atom is 0.217 e. The molecule has 0 aliphatic rings. The van der Waals surface area contributed by atoms with E-state index in [-0.39, 0.29) is 35.4 Å². The van der Waals surface area contributed by atoms with E-state index >= 15 is 4.39 Å². The summed E-state index contributed by atoms with van der Waals surface area (Å²) in [6.07, 6.45) is 5.23. The molecular formula is C31H35FN4O5. The molecule has 4 rings (SSSR count). The standard InChI is InChI=1S/C31H35FN4O5/c1-36(2)15-12-31(37,22-17-26(39-4)35-27(18-22)40-5)28(23-8-7-9-25(38-3)29(23)32)24-16-21(19-34-30(24)41-6)20-10-13-33-14-11-20/h7-11,13-14,16-19,28,37H,12,15H2,1-6H3. The van der Waals surface area contributed by atoms with E-state index in [0.29, 0.717) is 17.7 Å². The molecule has 0 radical (unpaired) electrons. The number of hydrogen-bond donors (Lipinski definition) is 1. The monoisotopic (exact) mass is 562 g/mol. The molecule has 0 aliphatic heterocycles. The van der Waals surface area contributed by atoms with Crippen molar-refractivity contribution in [3.8, 4) is 34.5 Å². The SMILES string of the molecule is COc1cc(C(O)(CCN(C)C)C(c2cc(-c3ccncc3)cnc2OC)c2cccc(OC)c2F)cc(OC)n1. The number of ether oxygens (including phenoxy) is 4. The van der Waals surface area contributed by atoms with Crippen LogP contribution in [0.25, 0.3) is 11.1 Å². The summed E-state index contributed by atoms with van der Waals surface area (Å²) >= 11 is 0. The van der Waals surface area contributed by atoms with Gasteiger partial charge in [0.2, 0.25) is 17.6 Å². The largest absolute Gasteiger partial charge is 0.494 e. The first-order valence-corrected chi connectivity index (χ1v) is 13.0. The van der Waals surface area contributed by atoms with Crippen LogP contribution in [0, 0.1) is 5.82 Å². The smallest absolute Gasteiger partial charge is 0.217 e. The van der Waals surface area contributed by atoms with Gasteiger partial charge in [0.15, 0.2) is 11.6 Å². The molecule has 41 heavy (non-hydrogen) atoms. The van der Waals surface area contributed by atoms with E-state index in [4.69, 9.17) is 18.9 Å². The summed E-state index contributed by atoms with van der Waals surface area (Å²) < 4.78 is 38.2. The number of nitrogens with zero attached hydrogens (tertiary/aromatic N) is 4. The van der Waals surface area contributed by atoms with Gasteiger partial charge in [-0.2, -0.15) is 4.98 Å². The Morgan fingerprint density at radius 3 is 2.15 bits per heavy atom. The summed E-state index contributed by atoms with van der Waals surface area (Å²) in [5, 5.41) is 12.9. The molecule has 0 fully saturated rings. The van der Waals surface area contributed by atoms with Crippen molar-refractivity contribution in [2.45, 2.75) is 17.9 Å². The van der Waals surface area contributed by atoms with Crippen molar-refractivity contribution in [3.05, 3.63) is 89.6 Å². The van der Waals surface area contributed by atoms with E-state index in [9.17, 15) is 5.11 Å². The summed E-state index contributed by atoms with van der Waals surface area (Å²) in [7, 11) is 9.67. The van der Waals surface area contributed by atoms with Crippen molar-refractivity contribution >= 4 is 0 Å². The average molecular weight is 563 g/mol. The van der Waals surface area contributed by atoms with Gasteiger partial charge in [0.05, 0.1) is 34.4 Å². The molecule has 1 aromatic carbocycles. The topological polar surface area (TPSA) is 99.1 Å². The molecule has 9 nitrogen and oxygen atoms in total. The Labute approximate surface area is 239 Å². The van der Waals surface area contributed by atoms with Crippen LogP contribution in [0.3, 0.4) is 0 Å². The van der Waals surface area contributed by atoms with Crippen LogP contribution in [0.5, 0.6) is 23.4 Å². The summed E-state index contributed by atoms with van der Waals surface area (Å²) in [6.45, 7) is 0.464. The molecule has 1 N–H and O–H groups in total. The normalized spacial score (nSPS) is 13.4. The molecule has 0 spiro atoms. The van der Waals surface area contributed by atoms with E-state index in [1.165, 1.54) is 34.5 Å². The highest BCUT2D eigenvalue weighted by molar-refractivity contribution is 5.65. The Morgan fingerprint density at radius 1 is 0.878 bits per heavy atom. The number of methoxy groups -OCH3 is 4. The fourth-order valence-electron chi connectivity index (χ4n) is 4.93. The first-order chi connectivity index (χ1) is 19.7. The van der Waals surface area contributed by atoms with Gasteiger partial charge in [-0.25, -0.2) is 9.37 Å². The molecule has 2 unspecified atom stereocenters. The first-order valence-electron chi connectivity index (χ1n) is 13.0. The van der Waals surface area contributed by atoms with E-state index in [2.05, 4.69) is 15.0 Å². The van der Waals surface area contributed by atoms with Crippen LogP contribution < -0.4 is 18.9 Å².